The first-order valence-corrected chi connectivity index (χ1v) is 10.0. The lowest BCUT2D eigenvalue weighted by molar-refractivity contribution is -0.117. The normalized spacial score (nSPS) is 14.0. The first kappa shape index (κ1) is 18.5. The minimum absolute atomic E-state index is 0.0789. The Labute approximate surface area is 164 Å². The smallest absolute Gasteiger partial charge is 0.286 e. The van der Waals surface area contributed by atoms with Crippen LogP contribution in [0.25, 0.3) is 10.2 Å². The lowest BCUT2D eigenvalue weighted by Gasteiger charge is -2.11. The van der Waals surface area contributed by atoms with E-state index in [0.717, 1.165) is 23.5 Å². The zero-order valence-corrected chi connectivity index (χ0v) is 16.7. The number of aromatic nitrogens is 4. The summed E-state index contributed by atoms with van der Waals surface area (Å²) in [5.41, 5.74) is 1.42. The molecule has 3 aromatic rings. The Morgan fingerprint density at radius 3 is 2.71 bits per heavy atom. The molecule has 0 aromatic carbocycles. The fourth-order valence-corrected chi connectivity index (χ4v) is 4.19. The maximum atomic E-state index is 12.9. The number of carbonyl (C=O) groups is 1. The van der Waals surface area contributed by atoms with Gasteiger partial charge in [0.15, 0.2) is 0 Å². The monoisotopic (exact) mass is 399 g/mol. The average molecular weight is 399 g/mol. The zero-order chi connectivity index (χ0) is 20.0. The molecule has 1 aliphatic carbocycles. The van der Waals surface area contributed by atoms with Gasteiger partial charge in [-0.2, -0.15) is 5.10 Å². The molecule has 0 atom stereocenters. The van der Waals surface area contributed by atoms with Crippen LogP contribution in [0, 0.1) is 0 Å². The second kappa shape index (κ2) is 6.97. The number of hydrogen-bond donors (Lipinski definition) is 1. The summed E-state index contributed by atoms with van der Waals surface area (Å²) in [4.78, 5) is 41.5. The largest absolute Gasteiger partial charge is 0.323 e. The quantitative estimate of drug-likeness (QED) is 0.709. The van der Waals surface area contributed by atoms with Gasteiger partial charge in [-0.25, -0.2) is 9.67 Å². The Balaban J connectivity index is 1.66. The lowest BCUT2D eigenvalue weighted by Crippen LogP contribution is -2.30. The summed E-state index contributed by atoms with van der Waals surface area (Å²) in [6.45, 7) is 3.79. The van der Waals surface area contributed by atoms with Crippen LogP contribution in [0.4, 0.5) is 5.69 Å². The van der Waals surface area contributed by atoms with Crippen LogP contribution < -0.4 is 16.4 Å². The fourth-order valence-electron chi connectivity index (χ4n) is 3.00. The minimum atomic E-state index is -0.380. The molecular formula is C19H21N5O3S. The Bertz CT molecular complexity index is 1190. The molecule has 28 heavy (non-hydrogen) atoms. The van der Waals surface area contributed by atoms with E-state index in [1.807, 2.05) is 13.8 Å². The topological polar surface area (TPSA) is 98.9 Å². The third kappa shape index (κ3) is 3.49. The number of anilines is 1. The molecule has 0 saturated heterocycles. The minimum Gasteiger partial charge on any atom is -0.323 e. The number of rotatable bonds is 5. The molecule has 1 fully saturated rings. The van der Waals surface area contributed by atoms with Crippen molar-refractivity contribution in [3.8, 4) is 0 Å². The van der Waals surface area contributed by atoms with Crippen molar-refractivity contribution in [1.29, 1.82) is 0 Å². The summed E-state index contributed by atoms with van der Waals surface area (Å²) in [5, 5.41) is 8.13. The standard InChI is InChI=1S/C19H21N5O3S/c1-10(2)15-16-17(28-18(21-16)11-4-5-11)19(27)24(22-15)9-13(25)20-12-6-7-14(26)23(3)8-12/h6-8,10-11H,4-5,9H2,1-3H3,(H,20,25). The van der Waals surface area contributed by atoms with Crippen LogP contribution in [0.3, 0.4) is 0 Å². The predicted molar refractivity (Wildman–Crippen MR) is 108 cm³/mol. The summed E-state index contributed by atoms with van der Waals surface area (Å²) >= 11 is 1.42. The van der Waals surface area contributed by atoms with E-state index in [9.17, 15) is 14.4 Å². The second-order valence-electron chi connectivity index (χ2n) is 7.42. The SMILES string of the molecule is CC(C)c1nn(CC(=O)Nc2ccc(=O)n(C)c2)c(=O)c2sc(C3CC3)nc12. The maximum absolute atomic E-state index is 12.9. The van der Waals surface area contributed by atoms with E-state index in [1.54, 1.807) is 7.05 Å². The highest BCUT2D eigenvalue weighted by atomic mass is 32.1. The molecule has 3 aromatic heterocycles. The molecule has 0 aliphatic heterocycles. The Hall–Kier alpha value is -2.81. The van der Waals surface area contributed by atoms with E-state index in [1.165, 1.54) is 38.9 Å². The van der Waals surface area contributed by atoms with Crippen LogP contribution in [0.15, 0.2) is 27.9 Å². The predicted octanol–water partition coefficient (Wildman–Crippen LogP) is 2.19. The Kier molecular flexibility index (Phi) is 4.62. The summed E-state index contributed by atoms with van der Waals surface area (Å²) in [6.07, 6.45) is 3.76. The first-order valence-electron chi connectivity index (χ1n) is 9.21. The van der Waals surface area contributed by atoms with Crippen molar-refractivity contribution in [2.45, 2.75) is 45.1 Å². The summed E-state index contributed by atoms with van der Waals surface area (Å²) < 4.78 is 3.15. The van der Waals surface area contributed by atoms with E-state index in [2.05, 4.69) is 15.4 Å². The molecule has 3 heterocycles. The molecular weight excluding hydrogens is 378 g/mol. The number of nitrogens with zero attached hydrogens (tertiary/aromatic N) is 4. The van der Waals surface area contributed by atoms with Gasteiger partial charge in [0.1, 0.15) is 16.8 Å². The number of thiazole rings is 1. The Morgan fingerprint density at radius 1 is 1.32 bits per heavy atom. The number of hydrogen-bond acceptors (Lipinski definition) is 6. The lowest BCUT2D eigenvalue weighted by atomic mass is 10.1. The first-order chi connectivity index (χ1) is 13.3. The van der Waals surface area contributed by atoms with Crippen molar-refractivity contribution in [2.24, 2.45) is 7.05 Å². The van der Waals surface area contributed by atoms with Crippen LogP contribution in [-0.2, 0) is 18.4 Å². The van der Waals surface area contributed by atoms with Gasteiger partial charge in [0.2, 0.25) is 11.5 Å². The molecule has 1 N–H and O–H groups in total. The third-order valence-corrected chi connectivity index (χ3v) is 5.89. The molecule has 8 nitrogen and oxygen atoms in total. The summed E-state index contributed by atoms with van der Waals surface area (Å²) in [7, 11) is 1.61. The van der Waals surface area contributed by atoms with Gasteiger partial charge in [0, 0.05) is 25.2 Å². The van der Waals surface area contributed by atoms with E-state index in [-0.39, 0.29) is 29.5 Å². The molecule has 0 spiro atoms. The van der Waals surface area contributed by atoms with Gasteiger partial charge in [-0.05, 0) is 24.8 Å². The van der Waals surface area contributed by atoms with Gasteiger partial charge >= 0.3 is 0 Å². The fraction of sp³-hybridized carbons (Fsp3) is 0.421. The highest BCUT2D eigenvalue weighted by Crippen LogP contribution is 2.43. The number of fused-ring (bicyclic) bond motifs is 1. The highest BCUT2D eigenvalue weighted by Gasteiger charge is 2.29. The number of pyridine rings is 1. The molecule has 1 amide bonds. The molecule has 1 aliphatic rings. The van der Waals surface area contributed by atoms with Crippen molar-refractivity contribution in [2.75, 3.05) is 5.32 Å². The van der Waals surface area contributed by atoms with Crippen molar-refractivity contribution >= 4 is 33.1 Å². The number of carbonyl (C=O) groups excluding carboxylic acids is 1. The van der Waals surface area contributed by atoms with Gasteiger partial charge in [0.25, 0.3) is 5.56 Å². The molecule has 0 unspecified atom stereocenters. The van der Waals surface area contributed by atoms with Gasteiger partial charge in [-0.15, -0.1) is 11.3 Å². The molecule has 146 valence electrons. The van der Waals surface area contributed by atoms with E-state index in [4.69, 9.17) is 0 Å². The van der Waals surface area contributed by atoms with Crippen LogP contribution in [0.2, 0.25) is 0 Å². The van der Waals surface area contributed by atoms with Crippen LogP contribution in [-0.4, -0.2) is 25.2 Å². The Morgan fingerprint density at radius 2 is 2.07 bits per heavy atom. The van der Waals surface area contributed by atoms with Gasteiger partial charge < -0.3 is 9.88 Å². The average Bonchev–Trinajstić information content (AvgIpc) is 3.39. The van der Waals surface area contributed by atoms with Gasteiger partial charge in [-0.3, -0.25) is 14.4 Å². The highest BCUT2D eigenvalue weighted by molar-refractivity contribution is 7.18. The van der Waals surface area contributed by atoms with Gasteiger partial charge in [0.05, 0.1) is 16.4 Å². The number of nitrogens with one attached hydrogen (secondary N) is 1. The molecule has 1 saturated carbocycles. The van der Waals surface area contributed by atoms with E-state index >= 15 is 0 Å². The van der Waals surface area contributed by atoms with Crippen molar-refractivity contribution in [3.63, 3.8) is 0 Å². The molecule has 9 heteroatoms. The van der Waals surface area contributed by atoms with Gasteiger partial charge in [-0.1, -0.05) is 13.8 Å². The van der Waals surface area contributed by atoms with Crippen LogP contribution in [0.1, 0.15) is 49.2 Å². The number of amides is 1. The summed E-state index contributed by atoms with van der Waals surface area (Å²) in [6, 6.07) is 2.91. The molecule has 0 radical (unpaired) electrons. The molecule has 0 bridgehead atoms. The van der Waals surface area contributed by atoms with E-state index < -0.39 is 0 Å². The summed E-state index contributed by atoms with van der Waals surface area (Å²) in [5.74, 6) is 0.155. The molecule has 4 rings (SSSR count). The van der Waals surface area contributed by atoms with E-state index in [0.29, 0.717) is 21.8 Å². The zero-order valence-electron chi connectivity index (χ0n) is 15.9. The van der Waals surface area contributed by atoms with Crippen molar-refractivity contribution in [3.05, 3.63) is 49.7 Å². The van der Waals surface area contributed by atoms with Crippen molar-refractivity contribution in [1.82, 2.24) is 19.3 Å². The maximum Gasteiger partial charge on any atom is 0.286 e. The van der Waals surface area contributed by atoms with Crippen LogP contribution in [0.5, 0.6) is 0 Å². The number of aryl methyl sites for hydroxylation is 1. The van der Waals surface area contributed by atoms with Crippen molar-refractivity contribution < 1.29 is 4.79 Å². The van der Waals surface area contributed by atoms with Crippen LogP contribution >= 0.6 is 11.3 Å². The second-order valence-corrected chi connectivity index (χ2v) is 8.45. The third-order valence-electron chi connectivity index (χ3n) is 4.68.